The standard InChI is InChI=1S/C17H14BrFN2O4/c1-10(22)20-12-3-2-4-13(8-12)21-16(23)9-25-17(24)14-7-11(19)5-6-15(14)18/h2-8H,9H2,1H3,(H,20,22)(H,21,23). The third kappa shape index (κ3) is 5.68. The zero-order valence-corrected chi connectivity index (χ0v) is 14.7. The number of amides is 2. The predicted molar refractivity (Wildman–Crippen MR) is 93.8 cm³/mol. The summed E-state index contributed by atoms with van der Waals surface area (Å²) in [6, 6.07) is 10.1. The highest BCUT2D eigenvalue weighted by Crippen LogP contribution is 2.19. The van der Waals surface area contributed by atoms with E-state index in [1.54, 1.807) is 24.3 Å². The van der Waals surface area contributed by atoms with Crippen LogP contribution in [-0.2, 0) is 14.3 Å². The van der Waals surface area contributed by atoms with Crippen LogP contribution >= 0.6 is 15.9 Å². The molecule has 2 N–H and O–H groups in total. The predicted octanol–water partition coefficient (Wildman–Crippen LogP) is 3.34. The summed E-state index contributed by atoms with van der Waals surface area (Å²) in [7, 11) is 0. The molecule has 0 saturated carbocycles. The van der Waals surface area contributed by atoms with Crippen LogP contribution in [0.1, 0.15) is 17.3 Å². The highest BCUT2D eigenvalue weighted by molar-refractivity contribution is 9.10. The van der Waals surface area contributed by atoms with Crippen molar-refractivity contribution in [2.75, 3.05) is 17.2 Å². The van der Waals surface area contributed by atoms with E-state index < -0.39 is 24.3 Å². The number of hydrogen-bond acceptors (Lipinski definition) is 4. The van der Waals surface area contributed by atoms with E-state index in [-0.39, 0.29) is 11.5 Å². The summed E-state index contributed by atoms with van der Waals surface area (Å²) in [6.07, 6.45) is 0. The van der Waals surface area contributed by atoms with Gasteiger partial charge in [-0.15, -0.1) is 0 Å². The second-order valence-electron chi connectivity index (χ2n) is 5.01. The maximum atomic E-state index is 13.2. The smallest absolute Gasteiger partial charge is 0.339 e. The number of halogens is 2. The Kier molecular flexibility index (Phi) is 6.24. The molecule has 0 heterocycles. The average molecular weight is 409 g/mol. The summed E-state index contributed by atoms with van der Waals surface area (Å²) in [5, 5.41) is 5.12. The molecule has 6 nitrogen and oxygen atoms in total. The first-order valence-electron chi connectivity index (χ1n) is 7.15. The molecule has 0 radical (unpaired) electrons. The van der Waals surface area contributed by atoms with Crippen molar-refractivity contribution in [1.82, 2.24) is 0 Å². The molecule has 0 aliphatic carbocycles. The Hall–Kier alpha value is -2.74. The lowest BCUT2D eigenvalue weighted by Crippen LogP contribution is -2.21. The van der Waals surface area contributed by atoms with E-state index >= 15 is 0 Å². The molecule has 0 atom stereocenters. The van der Waals surface area contributed by atoms with E-state index in [0.717, 1.165) is 6.07 Å². The molecule has 0 saturated heterocycles. The summed E-state index contributed by atoms with van der Waals surface area (Å²) in [5.41, 5.74) is 0.936. The molecule has 2 rings (SSSR count). The van der Waals surface area contributed by atoms with Gasteiger partial charge in [-0.2, -0.15) is 0 Å². The summed E-state index contributed by atoms with van der Waals surface area (Å²) in [5.74, 6) is -2.22. The fourth-order valence-corrected chi connectivity index (χ4v) is 2.35. The highest BCUT2D eigenvalue weighted by atomic mass is 79.9. The second kappa shape index (κ2) is 8.39. The molecule has 0 bridgehead atoms. The summed E-state index contributed by atoms with van der Waals surface area (Å²) in [4.78, 5) is 34.8. The minimum absolute atomic E-state index is 0.0135. The molecule has 0 aromatic heterocycles. The molecule has 8 heteroatoms. The molecule has 0 aliphatic heterocycles. The van der Waals surface area contributed by atoms with Crippen molar-refractivity contribution in [3.63, 3.8) is 0 Å². The first-order chi connectivity index (χ1) is 11.8. The molecule has 2 aromatic rings. The van der Waals surface area contributed by atoms with Crippen molar-refractivity contribution in [3.8, 4) is 0 Å². The van der Waals surface area contributed by atoms with Gasteiger partial charge in [-0.1, -0.05) is 6.07 Å². The third-order valence-electron chi connectivity index (χ3n) is 2.95. The number of benzene rings is 2. The maximum absolute atomic E-state index is 13.2. The zero-order chi connectivity index (χ0) is 18.4. The van der Waals surface area contributed by atoms with Crippen LogP contribution in [0.5, 0.6) is 0 Å². The minimum atomic E-state index is -0.825. The maximum Gasteiger partial charge on any atom is 0.339 e. The normalized spacial score (nSPS) is 10.0. The van der Waals surface area contributed by atoms with Gasteiger partial charge < -0.3 is 15.4 Å². The van der Waals surface area contributed by atoms with Gasteiger partial charge in [-0.25, -0.2) is 9.18 Å². The van der Waals surface area contributed by atoms with Crippen molar-refractivity contribution in [2.45, 2.75) is 6.92 Å². The lowest BCUT2D eigenvalue weighted by molar-refractivity contribution is -0.119. The first kappa shape index (κ1) is 18.6. The lowest BCUT2D eigenvalue weighted by atomic mass is 10.2. The van der Waals surface area contributed by atoms with Crippen LogP contribution in [0.25, 0.3) is 0 Å². The summed E-state index contributed by atoms with van der Waals surface area (Å²) >= 11 is 3.12. The Morgan fingerprint density at radius 2 is 1.76 bits per heavy atom. The van der Waals surface area contributed by atoms with Crippen molar-refractivity contribution < 1.29 is 23.5 Å². The Labute approximate surface area is 151 Å². The van der Waals surface area contributed by atoms with E-state index in [1.165, 1.54) is 19.1 Å². The summed E-state index contributed by atoms with van der Waals surface area (Å²) < 4.78 is 18.4. The molecule has 130 valence electrons. The molecule has 0 fully saturated rings. The lowest BCUT2D eigenvalue weighted by Gasteiger charge is -2.09. The average Bonchev–Trinajstić information content (AvgIpc) is 2.54. The fourth-order valence-electron chi connectivity index (χ4n) is 1.94. The quantitative estimate of drug-likeness (QED) is 0.742. The van der Waals surface area contributed by atoms with E-state index in [1.807, 2.05) is 0 Å². The van der Waals surface area contributed by atoms with E-state index in [2.05, 4.69) is 26.6 Å². The van der Waals surface area contributed by atoms with E-state index in [4.69, 9.17) is 4.74 Å². The third-order valence-corrected chi connectivity index (χ3v) is 3.64. The van der Waals surface area contributed by atoms with Gasteiger partial charge in [-0.05, 0) is 52.3 Å². The Bertz CT molecular complexity index is 826. The monoisotopic (exact) mass is 408 g/mol. The minimum Gasteiger partial charge on any atom is -0.452 e. The summed E-state index contributed by atoms with van der Waals surface area (Å²) in [6.45, 7) is 0.835. The molecule has 2 amide bonds. The van der Waals surface area contributed by atoms with Gasteiger partial charge in [0.05, 0.1) is 5.56 Å². The molecular formula is C17H14BrFN2O4. The number of carbonyl (C=O) groups is 3. The largest absolute Gasteiger partial charge is 0.452 e. The first-order valence-corrected chi connectivity index (χ1v) is 7.94. The molecule has 2 aromatic carbocycles. The van der Waals surface area contributed by atoms with E-state index in [0.29, 0.717) is 15.8 Å². The molecule has 25 heavy (non-hydrogen) atoms. The van der Waals surface area contributed by atoms with Crippen molar-refractivity contribution in [3.05, 3.63) is 58.3 Å². The number of nitrogens with one attached hydrogen (secondary N) is 2. The second-order valence-corrected chi connectivity index (χ2v) is 5.86. The van der Waals surface area contributed by atoms with Crippen LogP contribution in [0.3, 0.4) is 0 Å². The van der Waals surface area contributed by atoms with Crippen LogP contribution in [0.4, 0.5) is 15.8 Å². The van der Waals surface area contributed by atoms with Crippen LogP contribution in [0, 0.1) is 5.82 Å². The number of carbonyl (C=O) groups excluding carboxylic acids is 3. The van der Waals surface area contributed by atoms with Crippen LogP contribution in [-0.4, -0.2) is 24.4 Å². The highest BCUT2D eigenvalue weighted by Gasteiger charge is 2.14. The molecule has 0 unspecified atom stereocenters. The zero-order valence-electron chi connectivity index (χ0n) is 13.1. The fraction of sp³-hybridized carbons (Fsp3) is 0.118. The Balaban J connectivity index is 1.93. The van der Waals surface area contributed by atoms with Gasteiger partial charge in [0.15, 0.2) is 6.61 Å². The number of esters is 1. The number of anilines is 2. The number of rotatable bonds is 5. The van der Waals surface area contributed by atoms with Crippen molar-refractivity contribution in [2.24, 2.45) is 0 Å². The van der Waals surface area contributed by atoms with E-state index in [9.17, 15) is 18.8 Å². The van der Waals surface area contributed by atoms with Gasteiger partial charge in [0.2, 0.25) is 5.91 Å². The van der Waals surface area contributed by atoms with Gasteiger partial charge in [-0.3, -0.25) is 9.59 Å². The van der Waals surface area contributed by atoms with Gasteiger partial charge in [0.25, 0.3) is 5.91 Å². The van der Waals surface area contributed by atoms with Crippen LogP contribution in [0.15, 0.2) is 46.9 Å². The van der Waals surface area contributed by atoms with Crippen molar-refractivity contribution >= 4 is 45.1 Å². The topological polar surface area (TPSA) is 84.5 Å². The molecule has 0 spiro atoms. The number of ether oxygens (including phenoxy) is 1. The van der Waals surface area contributed by atoms with Gasteiger partial charge in [0, 0.05) is 22.8 Å². The Morgan fingerprint density at radius 3 is 2.44 bits per heavy atom. The van der Waals surface area contributed by atoms with Crippen LogP contribution in [0.2, 0.25) is 0 Å². The van der Waals surface area contributed by atoms with Crippen LogP contribution < -0.4 is 10.6 Å². The van der Waals surface area contributed by atoms with Crippen molar-refractivity contribution in [1.29, 1.82) is 0 Å². The number of hydrogen-bond donors (Lipinski definition) is 2. The van der Waals surface area contributed by atoms with Gasteiger partial charge in [0.1, 0.15) is 5.82 Å². The molecule has 0 aliphatic rings. The van der Waals surface area contributed by atoms with Gasteiger partial charge >= 0.3 is 5.97 Å². The SMILES string of the molecule is CC(=O)Nc1cccc(NC(=O)COC(=O)c2cc(F)ccc2Br)c1. The molecular weight excluding hydrogens is 395 g/mol. The Morgan fingerprint density at radius 1 is 1.08 bits per heavy atom.